The molecule has 0 unspecified atom stereocenters. The minimum Gasteiger partial charge on any atom is -0.497 e. The molecule has 0 heterocycles. The molecule has 2 amide bonds. The summed E-state index contributed by atoms with van der Waals surface area (Å²) in [5.74, 6) is -0.533. The fraction of sp³-hybridized carbons (Fsp3) is 0.250. The molecule has 27 heavy (non-hydrogen) atoms. The number of carbonyl (C=O) groups excluding carboxylic acids is 3. The van der Waals surface area contributed by atoms with Gasteiger partial charge in [0.2, 0.25) is 5.91 Å². The second kappa shape index (κ2) is 9.96. The first-order valence-corrected chi connectivity index (χ1v) is 8.44. The van der Waals surface area contributed by atoms with Gasteiger partial charge < -0.3 is 20.1 Å². The molecular formula is C20H22N2O5. The number of ether oxygens (including phenoxy) is 2. The summed E-state index contributed by atoms with van der Waals surface area (Å²) >= 11 is 0. The molecule has 0 saturated heterocycles. The maximum atomic E-state index is 12.1. The largest absolute Gasteiger partial charge is 0.497 e. The van der Waals surface area contributed by atoms with Crippen LogP contribution >= 0.6 is 0 Å². The second-order valence-electron chi connectivity index (χ2n) is 5.68. The minimum absolute atomic E-state index is 0.181. The highest BCUT2D eigenvalue weighted by Crippen LogP contribution is 2.23. The van der Waals surface area contributed by atoms with Gasteiger partial charge in [0, 0.05) is 18.5 Å². The van der Waals surface area contributed by atoms with Crippen molar-refractivity contribution in [2.45, 2.75) is 12.8 Å². The van der Waals surface area contributed by atoms with Crippen LogP contribution in [0.1, 0.15) is 33.6 Å². The molecule has 142 valence electrons. The lowest BCUT2D eigenvalue weighted by molar-refractivity contribution is -0.116. The van der Waals surface area contributed by atoms with Crippen LogP contribution in [-0.2, 0) is 9.53 Å². The molecule has 0 aromatic heterocycles. The SMILES string of the molecule is COC(=O)c1cc(OC)ccc1NC(=O)CCCNC(=O)c1ccccc1. The number of esters is 1. The summed E-state index contributed by atoms with van der Waals surface area (Å²) in [7, 11) is 2.75. The number of nitrogens with one attached hydrogen (secondary N) is 2. The van der Waals surface area contributed by atoms with Crippen LogP contribution < -0.4 is 15.4 Å². The van der Waals surface area contributed by atoms with Gasteiger partial charge in [-0.1, -0.05) is 18.2 Å². The number of methoxy groups -OCH3 is 2. The van der Waals surface area contributed by atoms with Crippen molar-refractivity contribution in [1.29, 1.82) is 0 Å². The van der Waals surface area contributed by atoms with Crippen molar-refractivity contribution < 1.29 is 23.9 Å². The third-order valence-corrected chi connectivity index (χ3v) is 3.81. The molecule has 0 fully saturated rings. The van der Waals surface area contributed by atoms with E-state index in [0.29, 0.717) is 30.0 Å². The van der Waals surface area contributed by atoms with Gasteiger partial charge in [-0.25, -0.2) is 4.79 Å². The third-order valence-electron chi connectivity index (χ3n) is 3.81. The van der Waals surface area contributed by atoms with E-state index in [2.05, 4.69) is 10.6 Å². The molecule has 2 rings (SSSR count). The van der Waals surface area contributed by atoms with E-state index < -0.39 is 5.97 Å². The topological polar surface area (TPSA) is 93.7 Å². The van der Waals surface area contributed by atoms with Crippen molar-refractivity contribution in [2.75, 3.05) is 26.1 Å². The summed E-state index contributed by atoms with van der Waals surface area (Å²) in [6.07, 6.45) is 0.663. The molecule has 0 aliphatic carbocycles. The smallest absolute Gasteiger partial charge is 0.340 e. The molecule has 2 aromatic rings. The van der Waals surface area contributed by atoms with Gasteiger partial charge in [0.15, 0.2) is 0 Å². The van der Waals surface area contributed by atoms with Crippen LogP contribution in [0.25, 0.3) is 0 Å². The van der Waals surface area contributed by atoms with Crippen molar-refractivity contribution in [1.82, 2.24) is 5.32 Å². The molecule has 7 heteroatoms. The number of hydrogen-bond acceptors (Lipinski definition) is 5. The van der Waals surface area contributed by atoms with E-state index in [1.807, 2.05) is 6.07 Å². The lowest BCUT2D eigenvalue weighted by atomic mass is 10.1. The lowest BCUT2D eigenvalue weighted by Gasteiger charge is -2.11. The van der Waals surface area contributed by atoms with Crippen LogP contribution in [0.15, 0.2) is 48.5 Å². The highest BCUT2D eigenvalue weighted by molar-refractivity contribution is 6.01. The molecule has 7 nitrogen and oxygen atoms in total. The van der Waals surface area contributed by atoms with E-state index in [-0.39, 0.29) is 23.8 Å². The fourth-order valence-electron chi connectivity index (χ4n) is 2.39. The van der Waals surface area contributed by atoms with E-state index in [4.69, 9.17) is 9.47 Å². The summed E-state index contributed by atoms with van der Waals surface area (Å²) in [6, 6.07) is 13.6. The Balaban J connectivity index is 1.85. The highest BCUT2D eigenvalue weighted by Gasteiger charge is 2.15. The Morgan fingerprint density at radius 3 is 2.41 bits per heavy atom. The predicted molar refractivity (Wildman–Crippen MR) is 101 cm³/mol. The van der Waals surface area contributed by atoms with Gasteiger partial charge in [-0.2, -0.15) is 0 Å². The Labute approximate surface area is 157 Å². The van der Waals surface area contributed by atoms with E-state index in [1.165, 1.54) is 20.3 Å². The number of hydrogen-bond donors (Lipinski definition) is 2. The van der Waals surface area contributed by atoms with Gasteiger partial charge in [0.1, 0.15) is 5.75 Å². The molecule has 2 N–H and O–H groups in total. The number of benzene rings is 2. The average Bonchev–Trinajstić information content (AvgIpc) is 2.71. The summed E-state index contributed by atoms with van der Waals surface area (Å²) in [5.41, 5.74) is 1.13. The first-order chi connectivity index (χ1) is 13.0. The van der Waals surface area contributed by atoms with E-state index in [1.54, 1.807) is 36.4 Å². The molecule has 0 aliphatic rings. The van der Waals surface area contributed by atoms with Crippen molar-refractivity contribution in [3.63, 3.8) is 0 Å². The average molecular weight is 370 g/mol. The minimum atomic E-state index is -0.570. The van der Waals surface area contributed by atoms with Crippen molar-refractivity contribution in [3.8, 4) is 5.75 Å². The molecule has 0 atom stereocenters. The fourth-order valence-corrected chi connectivity index (χ4v) is 2.39. The number of rotatable bonds is 8. The molecule has 2 aromatic carbocycles. The molecule has 0 bridgehead atoms. The van der Waals surface area contributed by atoms with Crippen LogP contribution in [-0.4, -0.2) is 38.5 Å². The second-order valence-corrected chi connectivity index (χ2v) is 5.68. The van der Waals surface area contributed by atoms with Gasteiger partial charge in [-0.3, -0.25) is 9.59 Å². The summed E-state index contributed by atoms with van der Waals surface area (Å²) < 4.78 is 9.82. The van der Waals surface area contributed by atoms with E-state index in [9.17, 15) is 14.4 Å². The first-order valence-electron chi connectivity index (χ1n) is 8.44. The van der Waals surface area contributed by atoms with Gasteiger partial charge in [0.25, 0.3) is 5.91 Å². The van der Waals surface area contributed by atoms with E-state index in [0.717, 1.165) is 0 Å². The number of anilines is 1. The normalized spacial score (nSPS) is 10.0. The maximum Gasteiger partial charge on any atom is 0.340 e. The standard InChI is InChI=1S/C20H22N2O5/c1-26-15-10-11-17(16(13-15)20(25)27-2)22-18(23)9-6-12-21-19(24)14-7-4-3-5-8-14/h3-5,7-8,10-11,13H,6,9,12H2,1-2H3,(H,21,24)(H,22,23). The molecule has 0 radical (unpaired) electrons. The third kappa shape index (κ3) is 5.85. The maximum absolute atomic E-state index is 12.1. The molecule has 0 saturated carbocycles. The predicted octanol–water partition coefficient (Wildman–Crippen LogP) is 2.63. The highest BCUT2D eigenvalue weighted by atomic mass is 16.5. The van der Waals surface area contributed by atoms with Crippen LogP contribution in [0.3, 0.4) is 0 Å². The molecular weight excluding hydrogens is 348 g/mol. The van der Waals surface area contributed by atoms with Crippen LogP contribution in [0, 0.1) is 0 Å². The van der Waals surface area contributed by atoms with Crippen molar-refractivity contribution >= 4 is 23.5 Å². The quantitative estimate of drug-likeness (QED) is 0.550. The van der Waals surface area contributed by atoms with Crippen LogP contribution in [0.2, 0.25) is 0 Å². The van der Waals surface area contributed by atoms with Crippen molar-refractivity contribution in [3.05, 3.63) is 59.7 Å². The number of carbonyl (C=O) groups is 3. The zero-order chi connectivity index (χ0) is 19.6. The Hall–Kier alpha value is -3.35. The van der Waals surface area contributed by atoms with Gasteiger partial charge in [0.05, 0.1) is 25.5 Å². The Morgan fingerprint density at radius 2 is 1.74 bits per heavy atom. The van der Waals surface area contributed by atoms with Crippen LogP contribution in [0.4, 0.5) is 5.69 Å². The first kappa shape index (κ1) is 20.0. The zero-order valence-corrected chi connectivity index (χ0v) is 15.3. The lowest BCUT2D eigenvalue weighted by Crippen LogP contribution is -2.25. The van der Waals surface area contributed by atoms with Gasteiger partial charge in [-0.15, -0.1) is 0 Å². The number of amides is 2. The Morgan fingerprint density at radius 1 is 1.00 bits per heavy atom. The monoisotopic (exact) mass is 370 g/mol. The zero-order valence-electron chi connectivity index (χ0n) is 15.3. The molecule has 0 spiro atoms. The van der Waals surface area contributed by atoms with Gasteiger partial charge in [-0.05, 0) is 36.8 Å². The summed E-state index contributed by atoms with van der Waals surface area (Å²) in [6.45, 7) is 0.369. The Bertz CT molecular complexity index is 805. The summed E-state index contributed by atoms with van der Waals surface area (Å²) in [5, 5.41) is 5.45. The summed E-state index contributed by atoms with van der Waals surface area (Å²) in [4.78, 5) is 35.9. The van der Waals surface area contributed by atoms with E-state index >= 15 is 0 Å². The molecule has 0 aliphatic heterocycles. The van der Waals surface area contributed by atoms with Crippen LogP contribution in [0.5, 0.6) is 5.75 Å². The van der Waals surface area contributed by atoms with Gasteiger partial charge >= 0.3 is 5.97 Å². The van der Waals surface area contributed by atoms with Crippen molar-refractivity contribution in [2.24, 2.45) is 0 Å². The Kier molecular flexibility index (Phi) is 7.37.